The van der Waals surface area contributed by atoms with Gasteiger partial charge in [-0.25, -0.2) is 9.98 Å². The van der Waals surface area contributed by atoms with Crippen LogP contribution in [0.15, 0.2) is 53.7 Å². The summed E-state index contributed by atoms with van der Waals surface area (Å²) in [6.07, 6.45) is 1.86. The molecule has 0 saturated carbocycles. The number of ether oxygens (including phenoxy) is 3. The average Bonchev–Trinajstić information content (AvgIpc) is 3.30. The first-order valence-electron chi connectivity index (χ1n) is 10.5. The Morgan fingerprint density at radius 3 is 2.38 bits per heavy atom. The molecule has 8 heteroatoms. The van der Waals surface area contributed by atoms with E-state index in [1.54, 1.807) is 21.3 Å². The van der Waals surface area contributed by atoms with Gasteiger partial charge in [0.2, 0.25) is 0 Å². The lowest BCUT2D eigenvalue weighted by Crippen LogP contribution is -2.38. The monoisotopic (exact) mass is 437 g/mol. The lowest BCUT2D eigenvalue weighted by atomic mass is 10.1. The molecule has 0 saturated heterocycles. The summed E-state index contributed by atoms with van der Waals surface area (Å²) in [7, 11) is 6.83. The molecule has 3 rings (SSSR count). The highest BCUT2D eigenvalue weighted by Gasteiger charge is 2.14. The molecule has 3 aromatic rings. The number of aromatic amines is 1. The van der Waals surface area contributed by atoms with E-state index in [9.17, 15) is 0 Å². The zero-order valence-corrected chi connectivity index (χ0v) is 19.3. The fourth-order valence-corrected chi connectivity index (χ4v) is 3.35. The molecule has 0 atom stereocenters. The Kier molecular flexibility index (Phi) is 7.96. The van der Waals surface area contributed by atoms with E-state index < -0.39 is 0 Å². The molecule has 1 aromatic heterocycles. The van der Waals surface area contributed by atoms with Gasteiger partial charge in [0.1, 0.15) is 11.6 Å². The number of rotatable bonds is 9. The highest BCUT2D eigenvalue weighted by atomic mass is 16.5. The van der Waals surface area contributed by atoms with Gasteiger partial charge in [-0.1, -0.05) is 30.3 Å². The van der Waals surface area contributed by atoms with Crippen LogP contribution in [0.5, 0.6) is 17.2 Å². The Labute approximate surface area is 189 Å². The van der Waals surface area contributed by atoms with Crippen molar-refractivity contribution in [1.82, 2.24) is 20.2 Å². The number of imidazole rings is 1. The number of hydrogen-bond donors (Lipinski definition) is 2. The van der Waals surface area contributed by atoms with Gasteiger partial charge < -0.3 is 29.4 Å². The lowest BCUT2D eigenvalue weighted by molar-refractivity contribution is 0.347. The quantitative estimate of drug-likeness (QED) is 0.392. The molecule has 0 aliphatic rings. The number of nitrogens with zero attached hydrogens (tertiary/aromatic N) is 3. The maximum absolute atomic E-state index is 5.53. The van der Waals surface area contributed by atoms with Gasteiger partial charge >= 0.3 is 0 Å². The lowest BCUT2D eigenvalue weighted by Gasteiger charge is -2.21. The van der Waals surface area contributed by atoms with E-state index >= 15 is 0 Å². The van der Waals surface area contributed by atoms with Crippen molar-refractivity contribution >= 4 is 5.96 Å². The predicted molar refractivity (Wildman–Crippen MR) is 126 cm³/mol. The van der Waals surface area contributed by atoms with Crippen molar-refractivity contribution in [2.45, 2.75) is 20.0 Å². The minimum Gasteiger partial charge on any atom is -0.496 e. The van der Waals surface area contributed by atoms with Gasteiger partial charge in [0.25, 0.3) is 0 Å². The predicted octanol–water partition coefficient (Wildman–Crippen LogP) is 3.70. The van der Waals surface area contributed by atoms with Crippen molar-refractivity contribution in [2.75, 3.05) is 34.9 Å². The van der Waals surface area contributed by atoms with Crippen LogP contribution < -0.4 is 19.5 Å². The molecule has 0 aliphatic carbocycles. The van der Waals surface area contributed by atoms with Crippen molar-refractivity contribution in [2.24, 2.45) is 4.99 Å². The number of H-pyrrole nitrogens is 1. The number of guanidine groups is 1. The number of aromatic nitrogens is 2. The van der Waals surface area contributed by atoms with E-state index in [4.69, 9.17) is 19.2 Å². The summed E-state index contributed by atoms with van der Waals surface area (Å²) in [6, 6.07) is 13.9. The molecule has 8 nitrogen and oxygen atoms in total. The topological polar surface area (TPSA) is 84.0 Å². The number of hydrogen-bond acceptors (Lipinski definition) is 5. The van der Waals surface area contributed by atoms with Gasteiger partial charge in [-0.2, -0.15) is 0 Å². The summed E-state index contributed by atoms with van der Waals surface area (Å²) in [4.78, 5) is 14.8. The van der Waals surface area contributed by atoms with E-state index in [0.717, 1.165) is 35.1 Å². The van der Waals surface area contributed by atoms with Gasteiger partial charge in [-0.15, -0.1) is 0 Å². The molecule has 170 valence electrons. The molecule has 0 amide bonds. The summed E-state index contributed by atoms with van der Waals surface area (Å²) < 4.78 is 16.3. The summed E-state index contributed by atoms with van der Waals surface area (Å²) in [5.41, 5.74) is 3.00. The highest BCUT2D eigenvalue weighted by molar-refractivity contribution is 5.79. The fraction of sp³-hybridized carbons (Fsp3) is 0.333. The second kappa shape index (κ2) is 11.1. The van der Waals surface area contributed by atoms with Crippen LogP contribution >= 0.6 is 0 Å². The molecule has 2 aromatic carbocycles. The van der Waals surface area contributed by atoms with Gasteiger partial charge in [0, 0.05) is 25.2 Å². The third-order valence-electron chi connectivity index (χ3n) is 4.98. The van der Waals surface area contributed by atoms with E-state index in [-0.39, 0.29) is 0 Å². The van der Waals surface area contributed by atoms with Crippen LogP contribution in [0.25, 0.3) is 11.3 Å². The molecule has 0 spiro atoms. The maximum Gasteiger partial charge on any atom is 0.194 e. The molecular weight excluding hydrogens is 406 g/mol. The molecular formula is C24H31N5O3. The van der Waals surface area contributed by atoms with Gasteiger partial charge in [-0.3, -0.25) is 0 Å². The van der Waals surface area contributed by atoms with Crippen molar-refractivity contribution in [3.8, 4) is 28.5 Å². The maximum atomic E-state index is 5.53. The highest BCUT2D eigenvalue weighted by Crippen LogP contribution is 2.35. The van der Waals surface area contributed by atoms with Crippen molar-refractivity contribution in [1.29, 1.82) is 0 Å². The minimum atomic E-state index is 0.420. The van der Waals surface area contributed by atoms with Crippen molar-refractivity contribution in [3.05, 3.63) is 60.0 Å². The Balaban J connectivity index is 1.77. The number of aliphatic imine (C=N–C) groups is 1. The van der Waals surface area contributed by atoms with Crippen LogP contribution in [0.2, 0.25) is 0 Å². The summed E-state index contributed by atoms with van der Waals surface area (Å²) in [6.45, 7) is 3.80. The van der Waals surface area contributed by atoms with Crippen LogP contribution in [-0.2, 0) is 13.1 Å². The largest absolute Gasteiger partial charge is 0.496 e. The second-order valence-corrected chi connectivity index (χ2v) is 7.15. The summed E-state index contributed by atoms with van der Waals surface area (Å²) in [5.74, 6) is 3.58. The molecule has 0 bridgehead atoms. The van der Waals surface area contributed by atoms with Crippen LogP contribution in [-0.4, -0.2) is 55.7 Å². The number of benzene rings is 2. The molecule has 0 aliphatic heterocycles. The third kappa shape index (κ3) is 5.51. The van der Waals surface area contributed by atoms with Crippen LogP contribution in [0.1, 0.15) is 18.3 Å². The molecule has 0 unspecified atom stereocenters. The SMILES string of the molecule is CCNC(=NCc1cc(OC)c(OC)cc1OC)N(C)Cc1ncc(-c2ccccc2)[nH]1. The van der Waals surface area contributed by atoms with Gasteiger partial charge in [-0.05, 0) is 18.6 Å². The normalized spacial score (nSPS) is 11.2. The molecule has 32 heavy (non-hydrogen) atoms. The Bertz CT molecular complexity index is 1030. The van der Waals surface area contributed by atoms with Crippen molar-refractivity contribution in [3.63, 3.8) is 0 Å². The Morgan fingerprint density at radius 1 is 1.03 bits per heavy atom. The summed E-state index contributed by atoms with van der Waals surface area (Å²) in [5, 5.41) is 3.34. The first-order chi connectivity index (χ1) is 15.6. The van der Waals surface area contributed by atoms with Crippen LogP contribution in [0, 0.1) is 0 Å². The number of methoxy groups -OCH3 is 3. The van der Waals surface area contributed by atoms with E-state index in [1.165, 1.54) is 0 Å². The van der Waals surface area contributed by atoms with Crippen LogP contribution in [0.4, 0.5) is 0 Å². The standard InChI is InChI=1S/C24H31N5O3/c1-6-25-24(27-14-18-12-21(31-4)22(32-5)13-20(18)30-3)29(2)16-23-26-15-19(28-23)17-10-8-7-9-11-17/h7-13,15H,6,14,16H2,1-5H3,(H,25,27)(H,26,28). The molecule has 1 heterocycles. The molecule has 2 N–H and O–H groups in total. The first kappa shape index (κ1) is 23.0. The Hall–Kier alpha value is -3.68. The third-order valence-corrected chi connectivity index (χ3v) is 4.98. The summed E-state index contributed by atoms with van der Waals surface area (Å²) >= 11 is 0. The van der Waals surface area contributed by atoms with E-state index in [1.807, 2.05) is 55.4 Å². The Morgan fingerprint density at radius 2 is 1.72 bits per heavy atom. The average molecular weight is 438 g/mol. The molecule has 0 fully saturated rings. The second-order valence-electron chi connectivity index (χ2n) is 7.15. The number of nitrogens with one attached hydrogen (secondary N) is 2. The van der Waals surface area contributed by atoms with Crippen LogP contribution in [0.3, 0.4) is 0 Å². The van der Waals surface area contributed by atoms with Crippen molar-refractivity contribution < 1.29 is 14.2 Å². The van der Waals surface area contributed by atoms with Gasteiger partial charge in [0.05, 0.1) is 46.3 Å². The minimum absolute atomic E-state index is 0.420. The zero-order valence-electron chi connectivity index (χ0n) is 19.3. The van der Waals surface area contributed by atoms with Gasteiger partial charge in [0.15, 0.2) is 17.5 Å². The van der Waals surface area contributed by atoms with E-state index in [0.29, 0.717) is 30.3 Å². The zero-order chi connectivity index (χ0) is 22.9. The molecule has 0 radical (unpaired) electrons. The first-order valence-corrected chi connectivity index (χ1v) is 10.5. The smallest absolute Gasteiger partial charge is 0.194 e. The fourth-order valence-electron chi connectivity index (χ4n) is 3.35. The van der Waals surface area contributed by atoms with E-state index in [2.05, 4.69) is 27.4 Å².